The van der Waals surface area contributed by atoms with Crippen molar-refractivity contribution in [3.63, 3.8) is 0 Å². The van der Waals surface area contributed by atoms with Crippen molar-refractivity contribution in [2.75, 3.05) is 23.7 Å². The van der Waals surface area contributed by atoms with Crippen molar-refractivity contribution < 1.29 is 18.0 Å². The van der Waals surface area contributed by atoms with Gasteiger partial charge in [0.25, 0.3) is 0 Å². The Bertz CT molecular complexity index is 1160. The molecule has 0 aromatic heterocycles. The lowest BCUT2D eigenvalue weighted by Crippen LogP contribution is -2.54. The van der Waals surface area contributed by atoms with Crippen molar-refractivity contribution in [1.29, 1.82) is 0 Å². The predicted molar refractivity (Wildman–Crippen MR) is 149 cm³/mol. The van der Waals surface area contributed by atoms with Crippen LogP contribution in [0, 0.1) is 13.8 Å². The van der Waals surface area contributed by atoms with Crippen LogP contribution < -0.4 is 9.62 Å². The number of anilines is 1. The Hall–Kier alpha value is -2.87. The molecule has 0 aliphatic heterocycles. The van der Waals surface area contributed by atoms with Gasteiger partial charge in [0.2, 0.25) is 21.8 Å². The van der Waals surface area contributed by atoms with Gasteiger partial charge < -0.3 is 10.2 Å². The fourth-order valence-corrected chi connectivity index (χ4v) is 5.94. The molecule has 0 spiro atoms. The molecule has 1 aliphatic rings. The fraction of sp³-hybridized carbons (Fsp3) is 0.517. The van der Waals surface area contributed by atoms with Gasteiger partial charge in [-0.3, -0.25) is 13.9 Å². The second kappa shape index (κ2) is 13.1. The molecule has 1 aliphatic carbocycles. The number of hydrogen-bond donors (Lipinski definition) is 1. The number of sulfonamides is 1. The number of rotatable bonds is 11. The van der Waals surface area contributed by atoms with Gasteiger partial charge in [0.05, 0.1) is 11.9 Å². The molecule has 0 saturated heterocycles. The molecule has 1 atom stereocenters. The Morgan fingerprint density at radius 2 is 1.68 bits per heavy atom. The lowest BCUT2D eigenvalue weighted by Gasteiger charge is -2.34. The van der Waals surface area contributed by atoms with Gasteiger partial charge in [-0.15, -0.1) is 0 Å². The molecule has 1 fully saturated rings. The Kier molecular flexibility index (Phi) is 10.1. The van der Waals surface area contributed by atoms with E-state index in [1.165, 1.54) is 10.7 Å². The van der Waals surface area contributed by atoms with Gasteiger partial charge >= 0.3 is 0 Å². The van der Waals surface area contributed by atoms with E-state index in [1.54, 1.807) is 17.0 Å². The third kappa shape index (κ3) is 7.81. The number of carbonyl (C=O) groups is 2. The molecule has 2 aromatic rings. The average Bonchev–Trinajstić information content (AvgIpc) is 2.87. The number of nitrogens with zero attached hydrogens (tertiary/aromatic N) is 2. The minimum atomic E-state index is -3.74. The summed E-state index contributed by atoms with van der Waals surface area (Å²) in [6.45, 7) is 5.63. The summed E-state index contributed by atoms with van der Waals surface area (Å²) >= 11 is 0. The first-order valence-corrected chi connectivity index (χ1v) is 15.1. The van der Waals surface area contributed by atoms with Gasteiger partial charge in [0.15, 0.2) is 0 Å². The summed E-state index contributed by atoms with van der Waals surface area (Å²) < 4.78 is 26.9. The molecule has 0 heterocycles. The highest BCUT2D eigenvalue weighted by molar-refractivity contribution is 7.92. The SMILES string of the molecule is CC[C@@H](C(=O)NC1CCCCC1)N(CCc1ccccc1)C(=O)CN(c1cccc(C)c1C)S(C)(=O)=O. The summed E-state index contributed by atoms with van der Waals surface area (Å²) in [7, 11) is -3.74. The van der Waals surface area contributed by atoms with Crippen molar-refractivity contribution >= 4 is 27.5 Å². The van der Waals surface area contributed by atoms with Gasteiger partial charge in [-0.1, -0.05) is 68.7 Å². The smallest absolute Gasteiger partial charge is 0.244 e. The van der Waals surface area contributed by atoms with E-state index >= 15 is 0 Å². The van der Waals surface area contributed by atoms with Crippen LogP contribution in [0.15, 0.2) is 48.5 Å². The first-order chi connectivity index (χ1) is 17.6. The van der Waals surface area contributed by atoms with E-state index in [4.69, 9.17) is 0 Å². The molecule has 1 saturated carbocycles. The Morgan fingerprint density at radius 1 is 1.00 bits per heavy atom. The van der Waals surface area contributed by atoms with Gasteiger partial charge in [0.1, 0.15) is 12.6 Å². The lowest BCUT2D eigenvalue weighted by atomic mass is 9.95. The first kappa shape index (κ1) is 28.7. The quantitative estimate of drug-likeness (QED) is 0.470. The highest BCUT2D eigenvalue weighted by atomic mass is 32.2. The van der Waals surface area contributed by atoms with Gasteiger partial charge in [0, 0.05) is 12.6 Å². The third-order valence-corrected chi connectivity index (χ3v) is 8.47. The van der Waals surface area contributed by atoms with E-state index in [0.717, 1.165) is 48.6 Å². The molecule has 0 radical (unpaired) electrons. The number of aryl methyl sites for hydroxylation is 1. The molecule has 202 valence electrons. The second-order valence-electron chi connectivity index (χ2n) is 10.1. The van der Waals surface area contributed by atoms with E-state index in [0.29, 0.717) is 25.1 Å². The zero-order valence-electron chi connectivity index (χ0n) is 22.6. The molecular weight excluding hydrogens is 486 g/mol. The fourth-order valence-electron chi connectivity index (χ4n) is 5.04. The van der Waals surface area contributed by atoms with E-state index in [-0.39, 0.29) is 24.4 Å². The standard InChI is InChI=1S/C29H41N3O4S/c1-5-26(29(34)30-25-16-10-7-11-17-25)31(20-19-24-14-8-6-9-15-24)28(33)21-32(37(4,35)36)27-18-12-13-22(2)23(27)3/h6,8-9,12-15,18,25-26H,5,7,10-11,16-17,19-21H2,1-4H3,(H,30,34)/t26-/m0/s1. The van der Waals surface area contributed by atoms with Crippen molar-refractivity contribution in [2.45, 2.75) is 77.8 Å². The number of amides is 2. The largest absolute Gasteiger partial charge is 0.352 e. The molecule has 0 bridgehead atoms. The maximum absolute atomic E-state index is 13.8. The lowest BCUT2D eigenvalue weighted by molar-refractivity contribution is -0.140. The number of hydrogen-bond acceptors (Lipinski definition) is 4. The van der Waals surface area contributed by atoms with Crippen LogP contribution in [0.25, 0.3) is 0 Å². The van der Waals surface area contributed by atoms with Crippen molar-refractivity contribution in [3.05, 3.63) is 65.2 Å². The van der Waals surface area contributed by atoms with Crippen LogP contribution in [-0.2, 0) is 26.0 Å². The van der Waals surface area contributed by atoms with Crippen molar-refractivity contribution in [2.24, 2.45) is 0 Å². The number of nitrogens with one attached hydrogen (secondary N) is 1. The molecule has 8 heteroatoms. The van der Waals surface area contributed by atoms with Gasteiger partial charge in [-0.2, -0.15) is 0 Å². The zero-order valence-corrected chi connectivity index (χ0v) is 23.4. The highest BCUT2D eigenvalue weighted by Gasteiger charge is 2.32. The van der Waals surface area contributed by atoms with E-state index < -0.39 is 16.1 Å². The maximum Gasteiger partial charge on any atom is 0.244 e. The van der Waals surface area contributed by atoms with Crippen LogP contribution >= 0.6 is 0 Å². The van der Waals surface area contributed by atoms with Gasteiger partial charge in [-0.05, 0) is 62.3 Å². The summed E-state index contributed by atoms with van der Waals surface area (Å²) in [5.41, 5.74) is 3.28. The van der Waals surface area contributed by atoms with E-state index in [9.17, 15) is 18.0 Å². The average molecular weight is 528 g/mol. The molecule has 1 N–H and O–H groups in total. The van der Waals surface area contributed by atoms with Crippen LogP contribution in [-0.4, -0.2) is 56.6 Å². The highest BCUT2D eigenvalue weighted by Crippen LogP contribution is 2.25. The Labute approximate surface area is 222 Å². The monoisotopic (exact) mass is 527 g/mol. The zero-order chi connectivity index (χ0) is 27.0. The van der Waals surface area contributed by atoms with Crippen LogP contribution in [0.2, 0.25) is 0 Å². The summed E-state index contributed by atoms with van der Waals surface area (Å²) in [5.74, 6) is -0.540. The normalized spacial score (nSPS) is 15.1. The minimum Gasteiger partial charge on any atom is -0.352 e. The summed E-state index contributed by atoms with van der Waals surface area (Å²) in [6, 6.07) is 14.7. The summed E-state index contributed by atoms with van der Waals surface area (Å²) in [4.78, 5) is 28.8. The summed E-state index contributed by atoms with van der Waals surface area (Å²) in [5, 5.41) is 3.17. The first-order valence-electron chi connectivity index (χ1n) is 13.3. The number of benzene rings is 2. The maximum atomic E-state index is 13.8. The summed E-state index contributed by atoms with van der Waals surface area (Å²) in [6.07, 6.45) is 7.41. The van der Waals surface area contributed by atoms with Crippen molar-refractivity contribution in [1.82, 2.24) is 10.2 Å². The molecular formula is C29H41N3O4S. The van der Waals surface area contributed by atoms with Crippen LogP contribution in [0.4, 0.5) is 5.69 Å². The molecule has 2 aromatic carbocycles. The Morgan fingerprint density at radius 3 is 2.30 bits per heavy atom. The van der Waals surface area contributed by atoms with E-state index in [1.807, 2.05) is 57.2 Å². The number of carbonyl (C=O) groups excluding carboxylic acids is 2. The predicted octanol–water partition coefficient (Wildman–Crippen LogP) is 4.37. The van der Waals surface area contributed by atoms with Crippen LogP contribution in [0.3, 0.4) is 0 Å². The molecule has 37 heavy (non-hydrogen) atoms. The van der Waals surface area contributed by atoms with E-state index in [2.05, 4.69) is 5.32 Å². The molecule has 3 rings (SSSR count). The molecule has 0 unspecified atom stereocenters. The second-order valence-corrected chi connectivity index (χ2v) is 12.0. The molecule has 2 amide bonds. The van der Waals surface area contributed by atoms with Crippen molar-refractivity contribution in [3.8, 4) is 0 Å². The molecule has 7 nitrogen and oxygen atoms in total. The Balaban J connectivity index is 1.89. The van der Waals surface area contributed by atoms with Crippen LogP contribution in [0.5, 0.6) is 0 Å². The minimum absolute atomic E-state index is 0.129. The van der Waals surface area contributed by atoms with Gasteiger partial charge in [-0.25, -0.2) is 8.42 Å². The topological polar surface area (TPSA) is 86.8 Å². The van der Waals surface area contributed by atoms with Crippen LogP contribution in [0.1, 0.15) is 62.1 Å². The third-order valence-electron chi connectivity index (χ3n) is 7.35.